The van der Waals surface area contributed by atoms with Gasteiger partial charge in [-0.15, -0.1) is 0 Å². The van der Waals surface area contributed by atoms with Crippen LogP contribution in [0.2, 0.25) is 0 Å². The Balaban J connectivity index is 1.54. The third-order valence-electron chi connectivity index (χ3n) is 4.14. The zero-order valence-corrected chi connectivity index (χ0v) is 12.0. The summed E-state index contributed by atoms with van der Waals surface area (Å²) in [5.41, 5.74) is 0. The molecule has 2 aliphatic rings. The van der Waals surface area contributed by atoms with E-state index in [-0.39, 0.29) is 0 Å². The van der Waals surface area contributed by atoms with Crippen molar-refractivity contribution in [2.75, 3.05) is 13.2 Å². The van der Waals surface area contributed by atoms with Crippen LogP contribution in [0.4, 0.5) is 0 Å². The van der Waals surface area contributed by atoms with Gasteiger partial charge in [0.25, 0.3) is 0 Å². The molecule has 3 heteroatoms. The zero-order chi connectivity index (χ0) is 12.8. The molecule has 1 aliphatic heterocycles. The minimum Gasteiger partial charge on any atom is -0.377 e. The van der Waals surface area contributed by atoms with Crippen molar-refractivity contribution >= 4 is 0 Å². The Labute approximate surface area is 112 Å². The molecule has 0 spiro atoms. The highest BCUT2D eigenvalue weighted by Gasteiger charge is 2.23. The minimum absolute atomic E-state index is 0.394. The Bertz CT molecular complexity index is 219. The monoisotopic (exact) mass is 255 g/mol. The van der Waals surface area contributed by atoms with Crippen molar-refractivity contribution in [3.63, 3.8) is 0 Å². The lowest BCUT2D eigenvalue weighted by molar-refractivity contribution is -0.0438. The Morgan fingerprint density at radius 2 is 1.72 bits per heavy atom. The van der Waals surface area contributed by atoms with Crippen LogP contribution in [0.1, 0.15) is 58.8 Å². The molecule has 3 nitrogen and oxygen atoms in total. The molecule has 18 heavy (non-hydrogen) atoms. The molecule has 2 fully saturated rings. The Morgan fingerprint density at radius 1 is 1.06 bits per heavy atom. The smallest absolute Gasteiger partial charge is 0.0594 e. The molecule has 0 aromatic heterocycles. The molecule has 1 saturated heterocycles. The van der Waals surface area contributed by atoms with Crippen LogP contribution in [0.5, 0.6) is 0 Å². The fourth-order valence-corrected chi connectivity index (χ4v) is 3.29. The summed E-state index contributed by atoms with van der Waals surface area (Å²) in [4.78, 5) is 0. The standard InChI is InChI=1S/C15H29NO2/c1-12-10-14(11-13(2)18-12)16-8-9-17-15-6-4-3-5-7-15/h12-16H,3-11H2,1-2H3. The fraction of sp³-hybridized carbons (Fsp3) is 1.00. The SMILES string of the molecule is CC1CC(NCCOC2CCCCC2)CC(C)O1. The van der Waals surface area contributed by atoms with Crippen LogP contribution in [0.3, 0.4) is 0 Å². The van der Waals surface area contributed by atoms with E-state index in [1.807, 2.05) is 0 Å². The molecule has 0 amide bonds. The number of nitrogens with one attached hydrogen (secondary N) is 1. The second-order valence-electron chi connectivity index (χ2n) is 6.01. The van der Waals surface area contributed by atoms with E-state index in [0.29, 0.717) is 24.4 Å². The van der Waals surface area contributed by atoms with Gasteiger partial charge in [-0.25, -0.2) is 0 Å². The first-order chi connectivity index (χ1) is 8.74. The van der Waals surface area contributed by atoms with Crippen LogP contribution in [-0.4, -0.2) is 37.5 Å². The van der Waals surface area contributed by atoms with E-state index in [1.54, 1.807) is 0 Å². The van der Waals surface area contributed by atoms with Gasteiger partial charge >= 0.3 is 0 Å². The van der Waals surface area contributed by atoms with Crippen molar-refractivity contribution in [1.82, 2.24) is 5.32 Å². The van der Waals surface area contributed by atoms with Gasteiger partial charge in [-0.3, -0.25) is 0 Å². The molecular formula is C15H29NO2. The summed E-state index contributed by atoms with van der Waals surface area (Å²) in [5.74, 6) is 0. The predicted octanol–water partition coefficient (Wildman–Crippen LogP) is 2.88. The molecule has 1 heterocycles. The van der Waals surface area contributed by atoms with Gasteiger partial charge in [0.2, 0.25) is 0 Å². The van der Waals surface area contributed by atoms with Gasteiger partial charge in [-0.2, -0.15) is 0 Å². The summed E-state index contributed by atoms with van der Waals surface area (Å²) in [6.07, 6.45) is 10.2. The normalized spacial score (nSPS) is 34.7. The Kier molecular flexibility index (Phi) is 5.93. The lowest BCUT2D eigenvalue weighted by Gasteiger charge is -2.32. The Hall–Kier alpha value is -0.120. The van der Waals surface area contributed by atoms with Gasteiger partial charge in [0.15, 0.2) is 0 Å². The maximum atomic E-state index is 5.93. The lowest BCUT2D eigenvalue weighted by Crippen LogP contribution is -2.42. The molecule has 1 N–H and O–H groups in total. The molecule has 2 atom stereocenters. The van der Waals surface area contributed by atoms with Crippen LogP contribution >= 0.6 is 0 Å². The molecule has 2 unspecified atom stereocenters. The molecule has 0 aromatic carbocycles. The van der Waals surface area contributed by atoms with Gasteiger partial charge in [-0.05, 0) is 39.5 Å². The highest BCUT2D eigenvalue weighted by Crippen LogP contribution is 2.20. The summed E-state index contributed by atoms with van der Waals surface area (Å²) in [7, 11) is 0. The molecule has 1 aliphatic carbocycles. The first kappa shape index (κ1) is 14.3. The van der Waals surface area contributed by atoms with E-state index >= 15 is 0 Å². The van der Waals surface area contributed by atoms with Crippen LogP contribution < -0.4 is 5.32 Å². The van der Waals surface area contributed by atoms with Crippen LogP contribution in [-0.2, 0) is 9.47 Å². The van der Waals surface area contributed by atoms with Gasteiger partial charge in [0.05, 0.1) is 24.9 Å². The van der Waals surface area contributed by atoms with Crippen LogP contribution in [0.25, 0.3) is 0 Å². The first-order valence-electron chi connectivity index (χ1n) is 7.74. The molecule has 0 aromatic rings. The highest BCUT2D eigenvalue weighted by molar-refractivity contribution is 4.78. The maximum absolute atomic E-state index is 5.93. The summed E-state index contributed by atoms with van der Waals surface area (Å²) in [6.45, 7) is 6.19. The number of rotatable bonds is 5. The van der Waals surface area contributed by atoms with Crippen molar-refractivity contribution in [3.8, 4) is 0 Å². The van der Waals surface area contributed by atoms with E-state index in [4.69, 9.17) is 9.47 Å². The average molecular weight is 255 g/mol. The molecule has 2 rings (SSSR count). The fourth-order valence-electron chi connectivity index (χ4n) is 3.29. The van der Waals surface area contributed by atoms with E-state index in [1.165, 1.54) is 32.1 Å². The molecule has 0 radical (unpaired) electrons. The molecule has 106 valence electrons. The molecular weight excluding hydrogens is 226 g/mol. The molecule has 1 saturated carbocycles. The first-order valence-corrected chi connectivity index (χ1v) is 7.74. The summed E-state index contributed by atoms with van der Waals surface area (Å²) >= 11 is 0. The second-order valence-corrected chi connectivity index (χ2v) is 6.01. The average Bonchev–Trinajstić information content (AvgIpc) is 2.35. The van der Waals surface area contributed by atoms with E-state index in [0.717, 1.165) is 26.0 Å². The highest BCUT2D eigenvalue weighted by atomic mass is 16.5. The predicted molar refractivity (Wildman–Crippen MR) is 73.9 cm³/mol. The number of hydrogen-bond acceptors (Lipinski definition) is 3. The summed E-state index contributed by atoms with van der Waals surface area (Å²) < 4.78 is 11.7. The third-order valence-corrected chi connectivity index (χ3v) is 4.14. The van der Waals surface area contributed by atoms with Crippen molar-refractivity contribution in [1.29, 1.82) is 0 Å². The topological polar surface area (TPSA) is 30.5 Å². The number of hydrogen-bond donors (Lipinski definition) is 1. The van der Waals surface area contributed by atoms with Gasteiger partial charge in [0.1, 0.15) is 0 Å². The van der Waals surface area contributed by atoms with E-state index in [9.17, 15) is 0 Å². The summed E-state index contributed by atoms with van der Waals surface area (Å²) in [6, 6.07) is 0.610. The zero-order valence-electron chi connectivity index (χ0n) is 12.0. The van der Waals surface area contributed by atoms with Crippen molar-refractivity contribution < 1.29 is 9.47 Å². The van der Waals surface area contributed by atoms with E-state index < -0.39 is 0 Å². The molecule has 0 bridgehead atoms. The van der Waals surface area contributed by atoms with Crippen molar-refractivity contribution in [2.45, 2.75) is 83.1 Å². The third kappa shape index (κ3) is 4.87. The van der Waals surface area contributed by atoms with Crippen molar-refractivity contribution in [3.05, 3.63) is 0 Å². The Morgan fingerprint density at radius 3 is 2.39 bits per heavy atom. The second kappa shape index (κ2) is 7.46. The van der Waals surface area contributed by atoms with Gasteiger partial charge < -0.3 is 14.8 Å². The van der Waals surface area contributed by atoms with Crippen LogP contribution in [0, 0.1) is 0 Å². The largest absolute Gasteiger partial charge is 0.377 e. The van der Waals surface area contributed by atoms with E-state index in [2.05, 4.69) is 19.2 Å². The maximum Gasteiger partial charge on any atom is 0.0594 e. The van der Waals surface area contributed by atoms with Crippen molar-refractivity contribution in [2.24, 2.45) is 0 Å². The minimum atomic E-state index is 0.394. The van der Waals surface area contributed by atoms with Crippen LogP contribution in [0.15, 0.2) is 0 Å². The van der Waals surface area contributed by atoms with Gasteiger partial charge in [0, 0.05) is 12.6 Å². The lowest BCUT2D eigenvalue weighted by atomic mass is 9.98. The summed E-state index contributed by atoms with van der Waals surface area (Å²) in [5, 5.41) is 3.62. The number of ether oxygens (including phenoxy) is 2. The van der Waals surface area contributed by atoms with Gasteiger partial charge in [-0.1, -0.05) is 19.3 Å². The quantitative estimate of drug-likeness (QED) is 0.766.